The standard InChI is InChI=1S/C21H10NS2.C15H28O2.Ir/c1-2-6-13-12(5-1)11-22-20-14-7-3-8-15-18(14)19-16(23-15)9-4-10-17(19)24-21(13)20;1-7-14(5,8-2)12(16)11-13(17)15(6,9-3)10-4;/h1-6,8-11H;11,16H,7-10H2,1-6H3;/q-1;;/b;12-11-;. The maximum Gasteiger partial charge on any atom is 0.164 e. The van der Waals surface area contributed by atoms with Crippen molar-refractivity contribution in [2.45, 2.75) is 67.2 Å². The van der Waals surface area contributed by atoms with Gasteiger partial charge >= 0.3 is 0 Å². The van der Waals surface area contributed by atoms with Crippen molar-refractivity contribution in [2.24, 2.45) is 10.8 Å². The van der Waals surface area contributed by atoms with Crippen molar-refractivity contribution >= 4 is 79.7 Å². The first-order chi connectivity index (χ1) is 19.7. The van der Waals surface area contributed by atoms with Crippen molar-refractivity contribution in [3.63, 3.8) is 0 Å². The Labute approximate surface area is 270 Å². The van der Waals surface area contributed by atoms with Gasteiger partial charge in [0, 0.05) is 62.8 Å². The maximum absolute atomic E-state index is 12.2. The Morgan fingerprint density at radius 1 is 0.857 bits per heavy atom. The average Bonchev–Trinajstić information content (AvgIpc) is 3.32. The number of rotatable bonds is 7. The van der Waals surface area contributed by atoms with E-state index in [4.69, 9.17) is 4.98 Å². The van der Waals surface area contributed by atoms with Gasteiger partial charge in [-0.15, -0.1) is 34.9 Å². The number of benzene rings is 3. The van der Waals surface area contributed by atoms with Gasteiger partial charge < -0.3 is 10.1 Å². The number of aliphatic hydroxyl groups is 1. The van der Waals surface area contributed by atoms with Crippen LogP contribution in [0.2, 0.25) is 0 Å². The number of aromatic nitrogens is 1. The monoisotopic (exact) mass is 773 g/mol. The quantitative estimate of drug-likeness (QED) is 0.0999. The predicted octanol–water partition coefficient (Wildman–Crippen LogP) is 11.4. The number of allylic oxidation sites excluding steroid dienone is 2. The molecule has 3 heterocycles. The molecule has 6 aromatic rings. The minimum atomic E-state index is -0.337. The number of nitrogens with zero attached hydrogens (tertiary/aromatic N) is 1. The first-order valence-electron chi connectivity index (χ1n) is 14.6. The number of carbonyl (C=O) groups excluding carboxylic acids is 1. The van der Waals surface area contributed by atoms with Gasteiger partial charge in [-0.3, -0.25) is 4.79 Å². The van der Waals surface area contributed by atoms with E-state index in [0.29, 0.717) is 0 Å². The van der Waals surface area contributed by atoms with Crippen LogP contribution in [0.15, 0.2) is 72.6 Å². The molecule has 3 aromatic heterocycles. The van der Waals surface area contributed by atoms with Crippen LogP contribution < -0.4 is 0 Å². The zero-order valence-electron chi connectivity index (χ0n) is 25.1. The smallest absolute Gasteiger partial charge is 0.164 e. The summed E-state index contributed by atoms with van der Waals surface area (Å²) in [6.45, 7) is 12.1. The molecule has 6 rings (SSSR count). The van der Waals surface area contributed by atoms with Crippen LogP contribution in [-0.2, 0) is 24.9 Å². The normalized spacial score (nSPS) is 12.6. The molecule has 3 aromatic carbocycles. The van der Waals surface area contributed by atoms with Crippen LogP contribution in [0.3, 0.4) is 0 Å². The van der Waals surface area contributed by atoms with Gasteiger partial charge in [-0.25, -0.2) is 0 Å². The number of thiophene rings is 1. The fourth-order valence-electron chi connectivity index (χ4n) is 5.26. The van der Waals surface area contributed by atoms with E-state index in [1.807, 2.05) is 76.5 Å². The molecule has 0 bridgehead atoms. The molecule has 0 unspecified atom stereocenters. The summed E-state index contributed by atoms with van der Waals surface area (Å²) in [6.07, 6.45) is 6.74. The Balaban J connectivity index is 0.000000203. The van der Waals surface area contributed by atoms with Gasteiger partial charge in [-0.2, -0.15) is 11.3 Å². The Kier molecular flexibility index (Phi) is 9.94. The second-order valence-corrected chi connectivity index (χ2v) is 13.5. The summed E-state index contributed by atoms with van der Waals surface area (Å²) in [5.41, 5.74) is 0.453. The minimum absolute atomic E-state index is 0. The van der Waals surface area contributed by atoms with E-state index < -0.39 is 0 Å². The van der Waals surface area contributed by atoms with Gasteiger partial charge in [0.1, 0.15) is 5.76 Å². The number of aliphatic hydroxyl groups excluding tert-OH is 1. The van der Waals surface area contributed by atoms with Crippen molar-refractivity contribution < 1.29 is 30.0 Å². The fourth-order valence-corrected chi connectivity index (χ4v) is 7.69. The second-order valence-electron chi connectivity index (χ2n) is 11.4. The number of fused-ring (bicyclic) bond motifs is 4. The summed E-state index contributed by atoms with van der Waals surface area (Å²) in [6, 6.07) is 22.8. The van der Waals surface area contributed by atoms with Gasteiger partial charge in [0.25, 0.3) is 0 Å². The van der Waals surface area contributed by atoms with Crippen LogP contribution in [0, 0.1) is 16.9 Å². The van der Waals surface area contributed by atoms with Crippen LogP contribution in [0.25, 0.3) is 51.2 Å². The van der Waals surface area contributed by atoms with Crippen molar-refractivity contribution in [1.82, 2.24) is 4.98 Å². The average molecular weight is 773 g/mol. The summed E-state index contributed by atoms with van der Waals surface area (Å²) in [5.74, 6) is 0.286. The summed E-state index contributed by atoms with van der Waals surface area (Å²) in [7, 11) is 0. The largest absolute Gasteiger partial charge is 0.512 e. The Morgan fingerprint density at radius 2 is 1.48 bits per heavy atom. The number of hydrogen-bond acceptors (Lipinski definition) is 5. The molecular weight excluding hydrogens is 735 g/mol. The Morgan fingerprint density at radius 3 is 2.14 bits per heavy atom. The summed E-state index contributed by atoms with van der Waals surface area (Å²) in [4.78, 5) is 17.0. The molecule has 0 spiro atoms. The molecule has 0 amide bonds. The number of ketones is 1. The van der Waals surface area contributed by atoms with E-state index in [0.717, 1.165) is 36.6 Å². The molecule has 0 aliphatic heterocycles. The first kappa shape index (κ1) is 32.3. The number of hydrogen-bond donors (Lipinski definition) is 1. The molecule has 1 radical (unpaired) electrons. The van der Waals surface area contributed by atoms with Crippen molar-refractivity contribution in [3.05, 3.63) is 78.7 Å². The van der Waals surface area contributed by atoms with Gasteiger partial charge in [0.2, 0.25) is 0 Å². The molecule has 0 fully saturated rings. The molecular formula is C36H38IrNO2S2-. The second kappa shape index (κ2) is 12.9. The molecule has 6 heteroatoms. The van der Waals surface area contributed by atoms with Gasteiger partial charge in [0.15, 0.2) is 5.78 Å². The fraction of sp³-hybridized carbons (Fsp3) is 0.333. The van der Waals surface area contributed by atoms with Crippen LogP contribution in [-0.4, -0.2) is 15.9 Å². The van der Waals surface area contributed by atoms with Gasteiger partial charge in [0.05, 0.1) is 0 Å². The topological polar surface area (TPSA) is 50.2 Å². The molecule has 0 aliphatic rings. The zero-order chi connectivity index (χ0) is 29.4. The van der Waals surface area contributed by atoms with E-state index in [2.05, 4.69) is 54.6 Å². The van der Waals surface area contributed by atoms with Crippen LogP contribution in [0.1, 0.15) is 67.2 Å². The third kappa shape index (κ3) is 5.67. The van der Waals surface area contributed by atoms with Crippen LogP contribution in [0.5, 0.6) is 0 Å². The Bertz CT molecular complexity index is 1910. The first-order valence-corrected chi connectivity index (χ1v) is 16.2. The van der Waals surface area contributed by atoms with Crippen molar-refractivity contribution in [3.8, 4) is 0 Å². The Hall–Kier alpha value is -2.63. The van der Waals surface area contributed by atoms with E-state index >= 15 is 0 Å². The predicted molar refractivity (Wildman–Crippen MR) is 179 cm³/mol. The molecule has 0 atom stereocenters. The molecule has 3 nitrogen and oxygen atoms in total. The van der Waals surface area contributed by atoms with Crippen LogP contribution in [0.4, 0.5) is 0 Å². The SMILES string of the molecule is CCC(C)(CC)C(=O)/C=C(\O)C(C)(CC)CC.[Ir].[c-]1ccc2sc3cccc4sc5c6ccccc6cnc5c1c2c34. The molecule has 0 saturated heterocycles. The molecule has 0 aliphatic carbocycles. The molecule has 1 N–H and O–H groups in total. The van der Waals surface area contributed by atoms with E-state index in [1.165, 1.54) is 46.4 Å². The molecule has 0 saturated carbocycles. The van der Waals surface area contributed by atoms with Gasteiger partial charge in [-0.05, 0) is 58.7 Å². The minimum Gasteiger partial charge on any atom is -0.512 e. The molecule has 221 valence electrons. The number of pyridine rings is 1. The van der Waals surface area contributed by atoms with Gasteiger partial charge in [-0.1, -0.05) is 77.3 Å². The van der Waals surface area contributed by atoms with Crippen LogP contribution >= 0.6 is 22.7 Å². The van der Waals surface area contributed by atoms with E-state index in [9.17, 15) is 9.90 Å². The van der Waals surface area contributed by atoms with Crippen molar-refractivity contribution in [2.75, 3.05) is 0 Å². The summed E-state index contributed by atoms with van der Waals surface area (Å²) < 4.78 is 5.21. The van der Waals surface area contributed by atoms with E-state index in [1.54, 1.807) is 0 Å². The molecule has 42 heavy (non-hydrogen) atoms. The van der Waals surface area contributed by atoms with E-state index in [-0.39, 0.29) is 42.5 Å². The number of carbonyl (C=O) groups is 1. The van der Waals surface area contributed by atoms with Crippen molar-refractivity contribution in [1.29, 1.82) is 0 Å². The summed E-state index contributed by atoms with van der Waals surface area (Å²) >= 11 is 3.70. The summed E-state index contributed by atoms with van der Waals surface area (Å²) in [5, 5.41) is 16.4. The third-order valence-electron chi connectivity index (χ3n) is 9.22. The zero-order valence-corrected chi connectivity index (χ0v) is 29.2. The third-order valence-corrected chi connectivity index (χ3v) is 11.5. The maximum atomic E-state index is 12.2.